The molecule has 2 rings (SSSR count). The van der Waals surface area contributed by atoms with Gasteiger partial charge in [-0.05, 0) is 38.8 Å². The summed E-state index contributed by atoms with van der Waals surface area (Å²) in [5.74, 6) is 0.472. The molecule has 1 N–H and O–H groups in total. The molecule has 78 valence electrons. The average molecular weight is 193 g/mol. The Labute approximate surface area is 85.6 Å². The number of rotatable bonds is 2. The molecule has 0 spiro atoms. The summed E-state index contributed by atoms with van der Waals surface area (Å²) in [6.45, 7) is 5.26. The second kappa shape index (κ2) is 3.77. The molecule has 1 fully saturated rings. The Hall–Kier alpha value is -0.760. The third kappa shape index (κ3) is 1.71. The molecule has 2 atom stereocenters. The first kappa shape index (κ1) is 9.78. The summed E-state index contributed by atoms with van der Waals surface area (Å²) >= 11 is 0. The van der Waals surface area contributed by atoms with Crippen molar-refractivity contribution in [2.45, 2.75) is 45.8 Å². The molecule has 14 heavy (non-hydrogen) atoms. The first-order valence-corrected chi connectivity index (χ1v) is 5.49. The lowest BCUT2D eigenvalue weighted by Crippen LogP contribution is -2.20. The number of aliphatic hydroxyl groups excluding tert-OH is 1. The van der Waals surface area contributed by atoms with Gasteiger partial charge in [-0.15, -0.1) is 0 Å². The molecule has 2 nitrogen and oxygen atoms in total. The SMILES string of the molecule is Cc1ccc(C)n1CC1CCCC1O. The summed E-state index contributed by atoms with van der Waals surface area (Å²) in [6.07, 6.45) is 3.28. The summed E-state index contributed by atoms with van der Waals surface area (Å²) < 4.78 is 2.32. The highest BCUT2D eigenvalue weighted by molar-refractivity contribution is 5.13. The molecule has 0 aromatic carbocycles. The normalized spacial score (nSPS) is 27.1. The lowest BCUT2D eigenvalue weighted by Gasteiger charge is -2.18. The van der Waals surface area contributed by atoms with Crippen molar-refractivity contribution in [1.29, 1.82) is 0 Å². The summed E-state index contributed by atoms with van der Waals surface area (Å²) in [5.41, 5.74) is 2.61. The second-order valence-corrected chi connectivity index (χ2v) is 4.49. The van der Waals surface area contributed by atoms with E-state index >= 15 is 0 Å². The molecule has 0 amide bonds. The summed E-state index contributed by atoms with van der Waals surface area (Å²) in [5, 5.41) is 9.76. The molecule has 1 aromatic rings. The van der Waals surface area contributed by atoms with Crippen molar-refractivity contribution >= 4 is 0 Å². The van der Waals surface area contributed by atoms with Crippen LogP contribution < -0.4 is 0 Å². The molecule has 0 aliphatic heterocycles. The van der Waals surface area contributed by atoms with E-state index in [1.54, 1.807) is 0 Å². The van der Waals surface area contributed by atoms with E-state index in [0.29, 0.717) is 5.92 Å². The molecule has 1 aliphatic rings. The van der Waals surface area contributed by atoms with E-state index in [1.165, 1.54) is 24.2 Å². The number of hydrogen-bond donors (Lipinski definition) is 1. The van der Waals surface area contributed by atoms with Gasteiger partial charge in [0, 0.05) is 23.9 Å². The predicted molar refractivity (Wildman–Crippen MR) is 57.3 cm³/mol. The van der Waals surface area contributed by atoms with Gasteiger partial charge in [0.1, 0.15) is 0 Å². The summed E-state index contributed by atoms with van der Waals surface area (Å²) in [4.78, 5) is 0. The van der Waals surface area contributed by atoms with Gasteiger partial charge in [0.25, 0.3) is 0 Å². The number of aliphatic hydroxyl groups is 1. The smallest absolute Gasteiger partial charge is 0.0585 e. The van der Waals surface area contributed by atoms with E-state index in [1.807, 2.05) is 0 Å². The van der Waals surface area contributed by atoms with Gasteiger partial charge in [0.15, 0.2) is 0 Å². The Morgan fingerprint density at radius 1 is 1.29 bits per heavy atom. The molecule has 0 bridgehead atoms. The largest absolute Gasteiger partial charge is 0.393 e. The van der Waals surface area contributed by atoms with Crippen LogP contribution >= 0.6 is 0 Å². The van der Waals surface area contributed by atoms with Crippen molar-refractivity contribution < 1.29 is 5.11 Å². The van der Waals surface area contributed by atoms with Gasteiger partial charge >= 0.3 is 0 Å². The van der Waals surface area contributed by atoms with Crippen LogP contribution in [0.4, 0.5) is 0 Å². The fraction of sp³-hybridized carbons (Fsp3) is 0.667. The minimum atomic E-state index is -0.0730. The number of aryl methyl sites for hydroxylation is 2. The van der Waals surface area contributed by atoms with Crippen molar-refractivity contribution in [3.8, 4) is 0 Å². The molecule has 2 unspecified atom stereocenters. The fourth-order valence-electron chi connectivity index (χ4n) is 2.45. The second-order valence-electron chi connectivity index (χ2n) is 4.49. The third-order valence-corrected chi connectivity index (χ3v) is 3.45. The Morgan fingerprint density at radius 2 is 1.93 bits per heavy atom. The highest BCUT2D eigenvalue weighted by Crippen LogP contribution is 2.27. The highest BCUT2D eigenvalue weighted by Gasteiger charge is 2.25. The van der Waals surface area contributed by atoms with E-state index in [9.17, 15) is 5.11 Å². The maximum Gasteiger partial charge on any atom is 0.0585 e. The summed E-state index contributed by atoms with van der Waals surface area (Å²) in [7, 11) is 0. The fourth-order valence-corrected chi connectivity index (χ4v) is 2.45. The van der Waals surface area contributed by atoms with Gasteiger partial charge in [-0.25, -0.2) is 0 Å². The van der Waals surface area contributed by atoms with Crippen molar-refractivity contribution in [1.82, 2.24) is 4.57 Å². The van der Waals surface area contributed by atoms with Crippen molar-refractivity contribution in [2.75, 3.05) is 0 Å². The average Bonchev–Trinajstić information content (AvgIpc) is 2.67. The molecular weight excluding hydrogens is 174 g/mol. The molecule has 1 heterocycles. The van der Waals surface area contributed by atoms with Crippen LogP contribution in [0, 0.1) is 19.8 Å². The first-order chi connectivity index (χ1) is 6.68. The molecule has 0 radical (unpaired) electrons. The minimum Gasteiger partial charge on any atom is -0.393 e. The maximum absolute atomic E-state index is 9.76. The lowest BCUT2D eigenvalue weighted by atomic mass is 10.1. The molecule has 2 heteroatoms. The molecule has 1 aromatic heterocycles. The number of aromatic nitrogens is 1. The quantitative estimate of drug-likeness (QED) is 0.765. The van der Waals surface area contributed by atoms with Crippen LogP contribution in [0.2, 0.25) is 0 Å². The van der Waals surface area contributed by atoms with E-state index in [4.69, 9.17) is 0 Å². The van der Waals surface area contributed by atoms with Gasteiger partial charge in [0.2, 0.25) is 0 Å². The Bertz CT molecular complexity index is 297. The van der Waals surface area contributed by atoms with Crippen molar-refractivity contribution in [3.63, 3.8) is 0 Å². The zero-order chi connectivity index (χ0) is 10.1. The molecule has 0 saturated heterocycles. The van der Waals surface area contributed by atoms with Crippen molar-refractivity contribution in [3.05, 3.63) is 23.5 Å². The molecular formula is C12H19NO. The van der Waals surface area contributed by atoms with Crippen LogP contribution in [0.3, 0.4) is 0 Å². The van der Waals surface area contributed by atoms with E-state index in [-0.39, 0.29) is 6.10 Å². The van der Waals surface area contributed by atoms with Crippen LogP contribution in [0.5, 0.6) is 0 Å². The molecule has 1 saturated carbocycles. The van der Waals surface area contributed by atoms with E-state index in [0.717, 1.165) is 13.0 Å². The van der Waals surface area contributed by atoms with Gasteiger partial charge in [-0.2, -0.15) is 0 Å². The lowest BCUT2D eigenvalue weighted by molar-refractivity contribution is 0.122. The monoisotopic (exact) mass is 193 g/mol. The summed E-state index contributed by atoms with van der Waals surface area (Å²) in [6, 6.07) is 4.30. The number of nitrogens with zero attached hydrogens (tertiary/aromatic N) is 1. The first-order valence-electron chi connectivity index (χ1n) is 5.49. The van der Waals surface area contributed by atoms with Crippen molar-refractivity contribution in [2.24, 2.45) is 5.92 Å². The Morgan fingerprint density at radius 3 is 2.43 bits per heavy atom. The number of hydrogen-bond acceptors (Lipinski definition) is 1. The predicted octanol–water partition coefficient (Wildman–Crippen LogP) is 2.27. The third-order valence-electron chi connectivity index (χ3n) is 3.45. The van der Waals surface area contributed by atoms with Gasteiger partial charge in [-0.1, -0.05) is 6.42 Å². The van der Waals surface area contributed by atoms with Crippen LogP contribution in [0.1, 0.15) is 30.7 Å². The Balaban J connectivity index is 2.10. The Kier molecular flexibility index (Phi) is 2.64. The van der Waals surface area contributed by atoms with Crippen LogP contribution in [-0.4, -0.2) is 15.8 Å². The standard InChI is InChI=1S/C12H19NO/c1-9-6-7-10(2)13(9)8-11-4-3-5-12(11)14/h6-7,11-12,14H,3-5,8H2,1-2H3. The zero-order valence-corrected chi connectivity index (χ0v) is 9.03. The topological polar surface area (TPSA) is 25.2 Å². The van der Waals surface area contributed by atoms with Crippen LogP contribution in [0.25, 0.3) is 0 Å². The zero-order valence-electron chi connectivity index (χ0n) is 9.03. The van der Waals surface area contributed by atoms with Crippen LogP contribution in [-0.2, 0) is 6.54 Å². The van der Waals surface area contributed by atoms with Gasteiger partial charge in [-0.3, -0.25) is 0 Å². The van der Waals surface area contributed by atoms with E-state index < -0.39 is 0 Å². The van der Waals surface area contributed by atoms with Crippen LogP contribution in [0.15, 0.2) is 12.1 Å². The molecule has 1 aliphatic carbocycles. The van der Waals surface area contributed by atoms with Gasteiger partial charge < -0.3 is 9.67 Å². The minimum absolute atomic E-state index is 0.0730. The van der Waals surface area contributed by atoms with E-state index in [2.05, 4.69) is 30.5 Å². The maximum atomic E-state index is 9.76. The van der Waals surface area contributed by atoms with Gasteiger partial charge in [0.05, 0.1) is 6.10 Å². The highest BCUT2D eigenvalue weighted by atomic mass is 16.3.